The van der Waals surface area contributed by atoms with Gasteiger partial charge in [0.15, 0.2) is 0 Å². The second-order valence-corrected chi connectivity index (χ2v) is 7.97. The van der Waals surface area contributed by atoms with E-state index in [9.17, 15) is 9.59 Å². The van der Waals surface area contributed by atoms with Crippen molar-refractivity contribution < 1.29 is 14.3 Å². The molecule has 31 heavy (non-hydrogen) atoms. The third-order valence-corrected chi connectivity index (χ3v) is 5.85. The Morgan fingerprint density at radius 3 is 2.32 bits per heavy atom. The molecule has 2 aliphatic rings. The van der Waals surface area contributed by atoms with Crippen LogP contribution in [0.1, 0.15) is 32.7 Å². The minimum atomic E-state index is 0.0343. The molecule has 8 nitrogen and oxygen atoms in total. The van der Waals surface area contributed by atoms with Crippen LogP contribution >= 0.6 is 0 Å². The van der Waals surface area contributed by atoms with E-state index >= 15 is 0 Å². The molecule has 4 rings (SSSR count). The summed E-state index contributed by atoms with van der Waals surface area (Å²) in [7, 11) is 0. The van der Waals surface area contributed by atoms with Crippen molar-refractivity contribution >= 4 is 11.8 Å². The van der Waals surface area contributed by atoms with Crippen molar-refractivity contribution in [3.05, 3.63) is 59.7 Å². The minimum absolute atomic E-state index is 0.0343. The molecule has 164 valence electrons. The molecule has 2 aromatic heterocycles. The summed E-state index contributed by atoms with van der Waals surface area (Å²) in [6, 6.07) is 5.57. The molecule has 0 spiro atoms. The Kier molecular flexibility index (Phi) is 7.22. The van der Waals surface area contributed by atoms with E-state index in [4.69, 9.17) is 4.74 Å². The second-order valence-electron chi connectivity index (χ2n) is 7.97. The van der Waals surface area contributed by atoms with Crippen molar-refractivity contribution in [1.29, 1.82) is 0 Å². The van der Waals surface area contributed by atoms with Crippen molar-refractivity contribution in [1.82, 2.24) is 24.7 Å². The standard InChI is InChI=1S/C23H29N5O3/c29-22(20-4-1-5-24-17-20)27-9-7-26(8-10-27)6-2-3-19-15-21(18-25-16-19)23(30)28-11-13-31-14-12-28/h1,4-5,15-18H,2-3,6-14H2. The van der Waals surface area contributed by atoms with Crippen LogP contribution in [0.5, 0.6) is 0 Å². The molecule has 2 aromatic rings. The number of carbonyl (C=O) groups excluding carboxylic acids is 2. The molecule has 2 amide bonds. The number of amides is 2. The van der Waals surface area contributed by atoms with Gasteiger partial charge in [-0.15, -0.1) is 0 Å². The third kappa shape index (κ3) is 5.65. The lowest BCUT2D eigenvalue weighted by Crippen LogP contribution is -2.48. The van der Waals surface area contributed by atoms with Gasteiger partial charge >= 0.3 is 0 Å². The van der Waals surface area contributed by atoms with Gasteiger partial charge in [-0.2, -0.15) is 0 Å². The van der Waals surface area contributed by atoms with Gasteiger partial charge in [0, 0.05) is 64.1 Å². The summed E-state index contributed by atoms with van der Waals surface area (Å²) in [5.41, 5.74) is 2.39. The van der Waals surface area contributed by atoms with Gasteiger partial charge < -0.3 is 14.5 Å². The summed E-state index contributed by atoms with van der Waals surface area (Å²) in [5, 5.41) is 0. The Hall–Kier alpha value is -2.84. The fraction of sp³-hybridized carbons (Fsp3) is 0.478. The first-order chi connectivity index (χ1) is 15.2. The number of aryl methyl sites for hydroxylation is 1. The molecule has 2 fully saturated rings. The van der Waals surface area contributed by atoms with Gasteiger partial charge in [0.25, 0.3) is 11.8 Å². The van der Waals surface area contributed by atoms with Gasteiger partial charge in [-0.1, -0.05) is 0 Å². The van der Waals surface area contributed by atoms with Crippen molar-refractivity contribution in [3.63, 3.8) is 0 Å². The number of hydrogen-bond acceptors (Lipinski definition) is 6. The number of ether oxygens (including phenoxy) is 1. The van der Waals surface area contributed by atoms with Gasteiger partial charge in [-0.25, -0.2) is 0 Å². The number of morpholine rings is 1. The molecule has 0 aliphatic carbocycles. The zero-order valence-electron chi connectivity index (χ0n) is 17.8. The van der Waals surface area contributed by atoms with Crippen LogP contribution in [0.2, 0.25) is 0 Å². The Morgan fingerprint density at radius 2 is 1.58 bits per heavy atom. The monoisotopic (exact) mass is 423 g/mol. The van der Waals surface area contributed by atoms with Crippen molar-refractivity contribution in [2.75, 3.05) is 59.0 Å². The summed E-state index contributed by atoms with van der Waals surface area (Å²) in [5.74, 6) is 0.0904. The maximum absolute atomic E-state index is 12.6. The van der Waals surface area contributed by atoms with Crippen LogP contribution in [0.25, 0.3) is 0 Å². The number of hydrogen-bond donors (Lipinski definition) is 0. The molecule has 2 saturated heterocycles. The first kappa shape index (κ1) is 21.4. The van der Waals surface area contributed by atoms with E-state index in [1.165, 1.54) is 0 Å². The summed E-state index contributed by atoms with van der Waals surface area (Å²) in [6.45, 7) is 6.66. The average Bonchev–Trinajstić information content (AvgIpc) is 2.85. The van der Waals surface area contributed by atoms with Gasteiger partial charge in [0.2, 0.25) is 0 Å². The number of carbonyl (C=O) groups is 2. The molecule has 4 heterocycles. The Labute approximate surface area is 182 Å². The van der Waals surface area contributed by atoms with Crippen LogP contribution in [-0.2, 0) is 11.2 Å². The summed E-state index contributed by atoms with van der Waals surface area (Å²) in [4.78, 5) is 39.6. The van der Waals surface area contributed by atoms with E-state index in [1.807, 2.05) is 28.1 Å². The van der Waals surface area contributed by atoms with Crippen LogP contribution in [0.3, 0.4) is 0 Å². The molecule has 0 unspecified atom stereocenters. The smallest absolute Gasteiger partial charge is 0.255 e. The van der Waals surface area contributed by atoms with E-state index in [2.05, 4.69) is 14.9 Å². The number of nitrogens with zero attached hydrogens (tertiary/aromatic N) is 5. The fourth-order valence-electron chi connectivity index (χ4n) is 4.04. The first-order valence-corrected chi connectivity index (χ1v) is 10.9. The van der Waals surface area contributed by atoms with E-state index in [0.29, 0.717) is 37.4 Å². The number of pyridine rings is 2. The van der Waals surface area contributed by atoms with Crippen LogP contribution in [0.4, 0.5) is 0 Å². The van der Waals surface area contributed by atoms with Crippen LogP contribution in [-0.4, -0.2) is 95.5 Å². The highest BCUT2D eigenvalue weighted by atomic mass is 16.5. The first-order valence-electron chi connectivity index (χ1n) is 10.9. The molecule has 0 saturated carbocycles. The maximum atomic E-state index is 12.6. The highest BCUT2D eigenvalue weighted by molar-refractivity contribution is 5.94. The highest BCUT2D eigenvalue weighted by Gasteiger charge is 2.22. The van der Waals surface area contributed by atoms with Gasteiger partial charge in [0.05, 0.1) is 24.3 Å². The molecular weight excluding hydrogens is 394 g/mol. The quantitative estimate of drug-likeness (QED) is 0.698. The van der Waals surface area contributed by atoms with Gasteiger partial charge in [-0.3, -0.25) is 24.5 Å². The van der Waals surface area contributed by atoms with Crippen LogP contribution < -0.4 is 0 Å². The van der Waals surface area contributed by atoms with E-state index < -0.39 is 0 Å². The lowest BCUT2D eigenvalue weighted by Gasteiger charge is -2.34. The fourth-order valence-corrected chi connectivity index (χ4v) is 4.04. The predicted octanol–water partition coefficient (Wildman–Crippen LogP) is 1.34. The number of piperazine rings is 1. The van der Waals surface area contributed by atoms with Gasteiger partial charge in [0.1, 0.15) is 0 Å². The summed E-state index contributed by atoms with van der Waals surface area (Å²) < 4.78 is 5.32. The van der Waals surface area contributed by atoms with Crippen molar-refractivity contribution in [2.45, 2.75) is 12.8 Å². The van der Waals surface area contributed by atoms with E-state index in [-0.39, 0.29) is 11.8 Å². The Morgan fingerprint density at radius 1 is 0.871 bits per heavy atom. The molecule has 0 radical (unpaired) electrons. The predicted molar refractivity (Wildman–Crippen MR) is 116 cm³/mol. The molecule has 0 bridgehead atoms. The van der Waals surface area contributed by atoms with Gasteiger partial charge in [-0.05, 0) is 43.1 Å². The molecule has 0 aromatic carbocycles. The van der Waals surface area contributed by atoms with E-state index in [0.717, 1.165) is 51.1 Å². The molecule has 8 heteroatoms. The second kappa shape index (κ2) is 10.5. The molecule has 0 N–H and O–H groups in total. The zero-order chi connectivity index (χ0) is 21.5. The Bertz CT molecular complexity index is 878. The maximum Gasteiger partial charge on any atom is 0.255 e. The topological polar surface area (TPSA) is 78.9 Å². The van der Waals surface area contributed by atoms with Crippen molar-refractivity contribution in [2.24, 2.45) is 0 Å². The molecule has 0 atom stereocenters. The van der Waals surface area contributed by atoms with Crippen LogP contribution in [0.15, 0.2) is 43.0 Å². The average molecular weight is 424 g/mol. The molecular formula is C23H29N5O3. The summed E-state index contributed by atoms with van der Waals surface area (Å²) in [6.07, 6.45) is 8.68. The minimum Gasteiger partial charge on any atom is -0.378 e. The SMILES string of the molecule is O=C(c1cncc(CCCN2CCN(C(=O)c3cccnc3)CC2)c1)N1CCOCC1. The molecule has 2 aliphatic heterocycles. The zero-order valence-corrected chi connectivity index (χ0v) is 17.8. The largest absolute Gasteiger partial charge is 0.378 e. The number of rotatable bonds is 6. The lowest BCUT2D eigenvalue weighted by molar-refractivity contribution is 0.0302. The van der Waals surface area contributed by atoms with Crippen molar-refractivity contribution in [3.8, 4) is 0 Å². The highest BCUT2D eigenvalue weighted by Crippen LogP contribution is 2.12. The lowest BCUT2D eigenvalue weighted by atomic mass is 10.1. The third-order valence-electron chi connectivity index (χ3n) is 5.85. The summed E-state index contributed by atoms with van der Waals surface area (Å²) >= 11 is 0. The van der Waals surface area contributed by atoms with Crippen LogP contribution in [0, 0.1) is 0 Å². The Balaban J connectivity index is 1.21. The normalized spacial score (nSPS) is 17.5. The van der Waals surface area contributed by atoms with E-state index in [1.54, 1.807) is 24.7 Å². The number of aromatic nitrogens is 2.